The minimum atomic E-state index is -1.54. The lowest BCUT2D eigenvalue weighted by atomic mass is 9.84. The molecule has 7 heteroatoms. The zero-order chi connectivity index (χ0) is 21.9. The van der Waals surface area contributed by atoms with E-state index in [1.54, 1.807) is 26.3 Å². The molecule has 0 aliphatic carbocycles. The average molecular weight is 418 g/mol. The lowest BCUT2D eigenvalue weighted by Gasteiger charge is -2.33. The highest BCUT2D eigenvalue weighted by molar-refractivity contribution is 6.16. The molecule has 2 aliphatic rings. The number of likely N-dealkylation sites (N-methyl/N-ethyl adjacent to an activating group) is 1. The van der Waals surface area contributed by atoms with Crippen molar-refractivity contribution < 1.29 is 18.7 Å². The molecule has 0 saturated carbocycles. The number of benzene rings is 2. The zero-order valence-electron chi connectivity index (χ0n) is 17.6. The van der Waals surface area contributed by atoms with Gasteiger partial charge in [-0.2, -0.15) is 0 Å². The van der Waals surface area contributed by atoms with Crippen LogP contribution in [0, 0.1) is 6.92 Å². The third-order valence-corrected chi connectivity index (χ3v) is 6.25. The van der Waals surface area contributed by atoms with E-state index in [1.165, 1.54) is 9.80 Å². The molecule has 1 spiro atoms. The van der Waals surface area contributed by atoms with Crippen LogP contribution >= 0.6 is 0 Å². The van der Waals surface area contributed by atoms with E-state index in [1.807, 2.05) is 37.3 Å². The summed E-state index contributed by atoms with van der Waals surface area (Å²) in [6.07, 6.45) is 0.518. The second-order valence-electron chi connectivity index (χ2n) is 8.03. The van der Waals surface area contributed by atoms with E-state index in [0.29, 0.717) is 35.2 Å². The van der Waals surface area contributed by atoms with Crippen LogP contribution in [0.15, 0.2) is 51.7 Å². The maximum atomic E-state index is 13.8. The number of aryl methyl sites for hydroxylation is 1. The summed E-state index contributed by atoms with van der Waals surface area (Å²) in [5.41, 5.74) is 0.745. The molecule has 158 valence electrons. The first-order chi connectivity index (χ1) is 14.9. The Morgan fingerprint density at radius 1 is 1.10 bits per heavy atom. The number of carbonyl (C=O) groups is 2. The molecule has 1 unspecified atom stereocenters. The van der Waals surface area contributed by atoms with Crippen molar-refractivity contribution in [3.05, 3.63) is 75.1 Å². The van der Waals surface area contributed by atoms with E-state index in [4.69, 9.17) is 9.15 Å². The number of fused-ring (bicyclic) bond motifs is 5. The molecule has 2 amide bonds. The Labute approximate surface area is 178 Å². The van der Waals surface area contributed by atoms with Crippen LogP contribution in [0.25, 0.3) is 11.0 Å². The fraction of sp³-hybridized carbons (Fsp3) is 0.292. The van der Waals surface area contributed by atoms with Gasteiger partial charge in [0.15, 0.2) is 11.0 Å². The Balaban J connectivity index is 1.88. The Morgan fingerprint density at radius 2 is 1.87 bits per heavy atom. The van der Waals surface area contributed by atoms with Crippen molar-refractivity contribution in [2.45, 2.75) is 18.9 Å². The van der Waals surface area contributed by atoms with Crippen molar-refractivity contribution in [3.63, 3.8) is 0 Å². The Morgan fingerprint density at radius 3 is 2.65 bits per heavy atom. The van der Waals surface area contributed by atoms with Gasteiger partial charge in [-0.3, -0.25) is 14.4 Å². The first-order valence-corrected chi connectivity index (χ1v) is 10.2. The SMILES string of the molecule is COCCCN1C(=O)c2oc3ccc(C)cc3c(=O)c2C12C(=O)N(C)c1ccccc12. The molecule has 7 nitrogen and oxygen atoms in total. The Kier molecular flexibility index (Phi) is 4.27. The van der Waals surface area contributed by atoms with Gasteiger partial charge >= 0.3 is 0 Å². The highest BCUT2D eigenvalue weighted by Crippen LogP contribution is 2.52. The lowest BCUT2D eigenvalue weighted by molar-refractivity contribution is -0.125. The molecular formula is C24H22N2O5. The largest absolute Gasteiger partial charge is 0.450 e. The van der Waals surface area contributed by atoms with E-state index in [-0.39, 0.29) is 29.2 Å². The van der Waals surface area contributed by atoms with Crippen molar-refractivity contribution in [2.75, 3.05) is 32.2 Å². The van der Waals surface area contributed by atoms with Crippen molar-refractivity contribution in [3.8, 4) is 0 Å². The van der Waals surface area contributed by atoms with Crippen LogP contribution in [0.4, 0.5) is 5.69 Å². The summed E-state index contributed by atoms with van der Waals surface area (Å²) in [5.74, 6) is -0.848. The number of methoxy groups -OCH3 is 1. The van der Waals surface area contributed by atoms with E-state index in [2.05, 4.69) is 0 Å². The van der Waals surface area contributed by atoms with Gasteiger partial charge in [-0.1, -0.05) is 29.8 Å². The van der Waals surface area contributed by atoms with Crippen LogP contribution in [-0.4, -0.2) is 44.0 Å². The molecule has 31 heavy (non-hydrogen) atoms. The van der Waals surface area contributed by atoms with E-state index < -0.39 is 11.4 Å². The standard InChI is InChI=1S/C24H22N2O5/c1-14-9-10-18-15(13-14)20(27)19-21(31-18)22(28)26(11-6-12-30-3)24(19)16-7-4-5-8-17(16)25(2)23(24)29/h4-5,7-10,13H,6,11-12H2,1-3H3. The lowest BCUT2D eigenvalue weighted by Crippen LogP contribution is -2.53. The summed E-state index contributed by atoms with van der Waals surface area (Å²) in [5, 5.41) is 0.365. The maximum Gasteiger partial charge on any atom is 0.291 e. The second kappa shape index (κ2) is 6.78. The number of hydrogen-bond donors (Lipinski definition) is 0. The number of anilines is 1. The number of hydrogen-bond acceptors (Lipinski definition) is 5. The summed E-state index contributed by atoms with van der Waals surface area (Å²) in [4.78, 5) is 44.2. The summed E-state index contributed by atoms with van der Waals surface area (Å²) < 4.78 is 11.1. The minimum Gasteiger partial charge on any atom is -0.450 e. The molecule has 2 aliphatic heterocycles. The van der Waals surface area contributed by atoms with Crippen molar-refractivity contribution in [1.82, 2.24) is 4.90 Å². The monoisotopic (exact) mass is 418 g/mol. The summed E-state index contributed by atoms with van der Waals surface area (Å²) in [6.45, 7) is 2.55. The van der Waals surface area contributed by atoms with Crippen LogP contribution < -0.4 is 10.3 Å². The molecule has 1 aromatic heterocycles. The van der Waals surface area contributed by atoms with Gasteiger partial charge in [0.05, 0.1) is 10.9 Å². The first kappa shape index (κ1) is 19.5. The molecule has 0 bridgehead atoms. The van der Waals surface area contributed by atoms with Crippen LogP contribution in [0.2, 0.25) is 0 Å². The Hall–Kier alpha value is -3.45. The smallest absolute Gasteiger partial charge is 0.291 e. The molecule has 5 rings (SSSR count). The van der Waals surface area contributed by atoms with E-state index in [9.17, 15) is 14.4 Å². The van der Waals surface area contributed by atoms with Crippen LogP contribution in [0.1, 0.15) is 33.7 Å². The molecule has 3 aromatic rings. The Bertz CT molecular complexity index is 1310. The van der Waals surface area contributed by atoms with Gasteiger partial charge < -0.3 is 19.0 Å². The number of rotatable bonds is 4. The molecule has 3 heterocycles. The molecular weight excluding hydrogens is 396 g/mol. The zero-order valence-corrected chi connectivity index (χ0v) is 17.6. The molecule has 0 N–H and O–H groups in total. The van der Waals surface area contributed by atoms with Crippen LogP contribution in [0.5, 0.6) is 0 Å². The normalized spacial score (nSPS) is 19.6. The van der Waals surface area contributed by atoms with Crippen molar-refractivity contribution in [2.24, 2.45) is 0 Å². The predicted molar refractivity (Wildman–Crippen MR) is 115 cm³/mol. The number of ether oxygens (including phenoxy) is 1. The summed E-state index contributed by atoms with van der Waals surface area (Å²) >= 11 is 0. The maximum absolute atomic E-state index is 13.8. The number of amides is 2. The fourth-order valence-electron chi connectivity index (χ4n) is 4.88. The molecule has 0 saturated heterocycles. The van der Waals surface area contributed by atoms with E-state index in [0.717, 1.165) is 5.56 Å². The van der Waals surface area contributed by atoms with Gasteiger partial charge in [0.25, 0.3) is 11.8 Å². The van der Waals surface area contributed by atoms with Gasteiger partial charge in [-0.05, 0) is 31.5 Å². The van der Waals surface area contributed by atoms with Gasteiger partial charge in [-0.15, -0.1) is 0 Å². The van der Waals surface area contributed by atoms with Gasteiger partial charge in [-0.25, -0.2) is 0 Å². The van der Waals surface area contributed by atoms with E-state index >= 15 is 0 Å². The van der Waals surface area contributed by atoms with Gasteiger partial charge in [0, 0.05) is 38.6 Å². The first-order valence-electron chi connectivity index (χ1n) is 10.2. The number of nitrogens with zero attached hydrogens (tertiary/aromatic N) is 2. The highest BCUT2D eigenvalue weighted by Gasteiger charge is 2.64. The van der Waals surface area contributed by atoms with Crippen molar-refractivity contribution in [1.29, 1.82) is 0 Å². The third-order valence-electron chi connectivity index (χ3n) is 6.25. The molecule has 0 radical (unpaired) electrons. The van der Waals surface area contributed by atoms with Gasteiger partial charge in [0.1, 0.15) is 5.58 Å². The van der Waals surface area contributed by atoms with Crippen molar-refractivity contribution >= 4 is 28.5 Å². The topological polar surface area (TPSA) is 80.1 Å². The fourth-order valence-corrected chi connectivity index (χ4v) is 4.88. The molecule has 2 aromatic carbocycles. The summed E-state index contributed by atoms with van der Waals surface area (Å²) in [7, 11) is 3.25. The molecule has 0 fully saturated rings. The van der Waals surface area contributed by atoms with Crippen LogP contribution in [0.3, 0.4) is 0 Å². The minimum absolute atomic E-state index is 0.0581. The average Bonchev–Trinajstić information content (AvgIpc) is 3.15. The number of para-hydroxylation sites is 1. The quantitative estimate of drug-likeness (QED) is 0.609. The van der Waals surface area contributed by atoms with Gasteiger partial charge in [0.2, 0.25) is 5.76 Å². The third kappa shape index (κ3) is 2.41. The van der Waals surface area contributed by atoms with Crippen LogP contribution in [-0.2, 0) is 15.1 Å². The number of carbonyl (C=O) groups excluding carboxylic acids is 2. The molecule has 1 atom stereocenters. The highest BCUT2D eigenvalue weighted by atomic mass is 16.5. The predicted octanol–water partition coefficient (Wildman–Crippen LogP) is 2.81. The summed E-state index contributed by atoms with van der Waals surface area (Å²) in [6, 6.07) is 12.5. The second-order valence-corrected chi connectivity index (χ2v) is 8.03.